The van der Waals surface area contributed by atoms with Crippen molar-refractivity contribution in [3.63, 3.8) is 0 Å². The van der Waals surface area contributed by atoms with E-state index in [4.69, 9.17) is 9.47 Å². The molecule has 0 fully saturated rings. The first-order valence-electron chi connectivity index (χ1n) is 8.25. The molecule has 3 aromatic rings. The van der Waals surface area contributed by atoms with Crippen molar-refractivity contribution in [2.24, 2.45) is 5.92 Å². The van der Waals surface area contributed by atoms with Gasteiger partial charge in [-0.15, -0.1) is 0 Å². The van der Waals surface area contributed by atoms with Crippen LogP contribution in [0.1, 0.15) is 24.2 Å². The van der Waals surface area contributed by atoms with Crippen LogP contribution in [0.15, 0.2) is 30.6 Å². The molecule has 0 saturated carbocycles. The van der Waals surface area contributed by atoms with Gasteiger partial charge in [0.25, 0.3) is 0 Å². The number of hydrogen-bond acceptors (Lipinski definition) is 7. The highest BCUT2D eigenvalue weighted by molar-refractivity contribution is 5.93. The van der Waals surface area contributed by atoms with Gasteiger partial charge in [0.1, 0.15) is 11.4 Å². The second-order valence-corrected chi connectivity index (χ2v) is 6.19. The molecule has 1 N–H and O–H groups in total. The lowest BCUT2D eigenvalue weighted by Gasteiger charge is -2.08. The zero-order chi connectivity index (χ0) is 18.7. The molecule has 0 aliphatic carbocycles. The number of pyridine rings is 1. The van der Waals surface area contributed by atoms with Crippen LogP contribution >= 0.6 is 0 Å². The maximum Gasteiger partial charge on any atom is 0.343 e. The molecule has 0 aliphatic heterocycles. The van der Waals surface area contributed by atoms with Crippen molar-refractivity contribution in [3.8, 4) is 17.1 Å². The van der Waals surface area contributed by atoms with Crippen LogP contribution in [-0.2, 0) is 4.74 Å². The summed E-state index contributed by atoms with van der Waals surface area (Å²) in [5, 5.41) is 7.83. The summed E-state index contributed by atoms with van der Waals surface area (Å²) in [6, 6.07) is 5.35. The molecular formula is C18H21N5O3. The third-order valence-electron chi connectivity index (χ3n) is 3.76. The number of aromatic nitrogens is 4. The van der Waals surface area contributed by atoms with E-state index in [-0.39, 0.29) is 11.4 Å². The van der Waals surface area contributed by atoms with Crippen LogP contribution in [-0.4, -0.2) is 46.3 Å². The number of carbonyl (C=O) groups excluding carboxylic acids is 1. The molecule has 0 radical (unpaired) electrons. The van der Waals surface area contributed by atoms with Crippen molar-refractivity contribution in [2.75, 3.05) is 26.1 Å². The van der Waals surface area contributed by atoms with Gasteiger partial charge < -0.3 is 14.8 Å². The molecule has 0 aromatic carbocycles. The van der Waals surface area contributed by atoms with E-state index in [1.165, 1.54) is 14.2 Å². The van der Waals surface area contributed by atoms with E-state index >= 15 is 0 Å². The number of anilines is 1. The Morgan fingerprint density at radius 3 is 2.81 bits per heavy atom. The highest BCUT2D eigenvalue weighted by atomic mass is 16.5. The number of methoxy groups -OCH3 is 2. The minimum atomic E-state index is -0.514. The lowest BCUT2D eigenvalue weighted by Crippen LogP contribution is -2.07. The van der Waals surface area contributed by atoms with Crippen molar-refractivity contribution in [2.45, 2.75) is 13.8 Å². The number of imidazole rings is 1. The lowest BCUT2D eigenvalue weighted by molar-refractivity contribution is 0.0596. The number of nitrogens with zero attached hydrogens (tertiary/aromatic N) is 4. The third kappa shape index (κ3) is 3.58. The molecule has 0 unspecified atom stereocenters. The molecule has 0 amide bonds. The van der Waals surface area contributed by atoms with Crippen molar-refractivity contribution < 1.29 is 14.3 Å². The van der Waals surface area contributed by atoms with Crippen molar-refractivity contribution >= 4 is 17.4 Å². The van der Waals surface area contributed by atoms with E-state index in [1.54, 1.807) is 16.8 Å². The summed E-state index contributed by atoms with van der Waals surface area (Å²) in [5.41, 5.74) is 2.32. The fraction of sp³-hybridized carbons (Fsp3) is 0.333. The molecule has 0 spiro atoms. The average molecular weight is 355 g/mol. The van der Waals surface area contributed by atoms with Crippen LogP contribution in [0.25, 0.3) is 16.9 Å². The summed E-state index contributed by atoms with van der Waals surface area (Å²) in [4.78, 5) is 20.6. The van der Waals surface area contributed by atoms with E-state index < -0.39 is 5.97 Å². The molecule has 26 heavy (non-hydrogen) atoms. The number of rotatable bonds is 6. The summed E-state index contributed by atoms with van der Waals surface area (Å²) < 4.78 is 11.6. The number of nitrogens with one attached hydrogen (secondary N) is 1. The number of ether oxygens (including phenoxy) is 2. The molecule has 136 valence electrons. The summed E-state index contributed by atoms with van der Waals surface area (Å²) >= 11 is 0. The minimum absolute atomic E-state index is 0.212. The third-order valence-corrected chi connectivity index (χ3v) is 3.76. The molecule has 0 aliphatic rings. The van der Waals surface area contributed by atoms with Gasteiger partial charge in [-0.3, -0.25) is 0 Å². The van der Waals surface area contributed by atoms with Crippen LogP contribution < -0.4 is 10.1 Å². The highest BCUT2D eigenvalue weighted by Gasteiger charge is 2.16. The fourth-order valence-corrected chi connectivity index (χ4v) is 2.44. The Bertz CT molecular complexity index is 936. The van der Waals surface area contributed by atoms with Gasteiger partial charge in [-0.25, -0.2) is 19.3 Å². The van der Waals surface area contributed by atoms with Gasteiger partial charge in [-0.1, -0.05) is 13.8 Å². The van der Waals surface area contributed by atoms with Crippen molar-refractivity contribution in [3.05, 3.63) is 36.2 Å². The Kier molecular flexibility index (Phi) is 5.01. The second kappa shape index (κ2) is 7.38. The summed E-state index contributed by atoms with van der Waals surface area (Å²) in [6.45, 7) is 5.10. The van der Waals surface area contributed by atoms with E-state index in [2.05, 4.69) is 34.2 Å². The first-order valence-corrected chi connectivity index (χ1v) is 8.25. The van der Waals surface area contributed by atoms with Crippen molar-refractivity contribution in [1.82, 2.24) is 19.6 Å². The van der Waals surface area contributed by atoms with Gasteiger partial charge in [0, 0.05) is 18.3 Å². The predicted molar refractivity (Wildman–Crippen MR) is 97.4 cm³/mol. The summed E-state index contributed by atoms with van der Waals surface area (Å²) in [6.07, 6.45) is 3.44. The SMILES string of the molecule is COC(=O)c1cc(-c2ccc3nc(NCC(C)C)cn3n2)cnc1OC. The normalized spacial score (nSPS) is 11.0. The first kappa shape index (κ1) is 17.7. The first-order chi connectivity index (χ1) is 12.5. The molecule has 0 atom stereocenters. The highest BCUT2D eigenvalue weighted by Crippen LogP contribution is 2.24. The Morgan fingerprint density at radius 1 is 1.31 bits per heavy atom. The largest absolute Gasteiger partial charge is 0.480 e. The van der Waals surface area contributed by atoms with Gasteiger partial charge in [-0.05, 0) is 24.1 Å². The van der Waals surface area contributed by atoms with Gasteiger partial charge in [0.05, 0.1) is 26.1 Å². The van der Waals surface area contributed by atoms with E-state index in [0.717, 1.165) is 18.0 Å². The summed E-state index contributed by atoms with van der Waals surface area (Å²) in [5.74, 6) is 0.987. The van der Waals surface area contributed by atoms with E-state index in [1.807, 2.05) is 18.3 Å². The molecule has 8 heteroatoms. The van der Waals surface area contributed by atoms with E-state index in [0.29, 0.717) is 17.2 Å². The fourth-order valence-electron chi connectivity index (χ4n) is 2.44. The lowest BCUT2D eigenvalue weighted by atomic mass is 10.1. The maximum absolute atomic E-state index is 11.9. The smallest absolute Gasteiger partial charge is 0.343 e. The van der Waals surface area contributed by atoms with Gasteiger partial charge in [0.15, 0.2) is 5.65 Å². The number of carbonyl (C=O) groups is 1. The Hall–Kier alpha value is -3.16. The van der Waals surface area contributed by atoms with Crippen LogP contribution in [0.5, 0.6) is 5.88 Å². The standard InChI is InChI=1S/C18H21N5O3/c1-11(2)8-19-15-10-23-16(21-15)6-5-14(22-23)12-7-13(18(24)26-4)17(25-3)20-9-12/h5-7,9-11,19H,8H2,1-4H3. The molecule has 3 heterocycles. The number of fused-ring (bicyclic) bond motifs is 1. The zero-order valence-corrected chi connectivity index (χ0v) is 15.2. The molecule has 0 saturated heterocycles. The zero-order valence-electron chi connectivity index (χ0n) is 15.2. The quantitative estimate of drug-likeness (QED) is 0.680. The molecule has 8 nitrogen and oxygen atoms in total. The van der Waals surface area contributed by atoms with Gasteiger partial charge in [-0.2, -0.15) is 5.10 Å². The van der Waals surface area contributed by atoms with E-state index in [9.17, 15) is 4.79 Å². The van der Waals surface area contributed by atoms with Gasteiger partial charge >= 0.3 is 5.97 Å². The average Bonchev–Trinajstić information content (AvgIpc) is 3.07. The topological polar surface area (TPSA) is 90.6 Å². The molecule has 3 rings (SSSR count). The second-order valence-electron chi connectivity index (χ2n) is 6.19. The molecule has 3 aromatic heterocycles. The van der Waals surface area contributed by atoms with Gasteiger partial charge in [0.2, 0.25) is 5.88 Å². The monoisotopic (exact) mass is 355 g/mol. The minimum Gasteiger partial charge on any atom is -0.480 e. The summed E-state index contributed by atoms with van der Waals surface area (Å²) in [7, 11) is 2.77. The Balaban J connectivity index is 1.96. The van der Waals surface area contributed by atoms with Crippen LogP contribution in [0.2, 0.25) is 0 Å². The molecule has 0 bridgehead atoms. The van der Waals surface area contributed by atoms with Crippen LogP contribution in [0.3, 0.4) is 0 Å². The number of hydrogen-bond donors (Lipinski definition) is 1. The Labute approximate surface area is 151 Å². The number of esters is 1. The predicted octanol–water partition coefficient (Wildman–Crippen LogP) is 2.65. The Morgan fingerprint density at radius 2 is 2.12 bits per heavy atom. The van der Waals surface area contributed by atoms with Crippen LogP contribution in [0.4, 0.5) is 5.82 Å². The van der Waals surface area contributed by atoms with Crippen molar-refractivity contribution in [1.29, 1.82) is 0 Å². The maximum atomic E-state index is 11.9. The molecular weight excluding hydrogens is 334 g/mol. The van der Waals surface area contributed by atoms with Crippen LogP contribution in [0, 0.1) is 5.92 Å².